The lowest BCUT2D eigenvalue weighted by atomic mass is 10.0. The van der Waals surface area contributed by atoms with E-state index in [4.69, 9.17) is 10.5 Å². The second-order valence-electron chi connectivity index (χ2n) is 8.04. The van der Waals surface area contributed by atoms with Crippen molar-refractivity contribution < 1.29 is 32.6 Å². The zero-order chi connectivity index (χ0) is 24.1. The molecule has 0 heterocycles. The van der Waals surface area contributed by atoms with E-state index in [9.17, 15) is 27.9 Å². The van der Waals surface area contributed by atoms with Crippen molar-refractivity contribution in [1.29, 1.82) is 0 Å². The Hall–Kier alpha value is -1.78. The van der Waals surface area contributed by atoms with Gasteiger partial charge in [-0.3, -0.25) is 4.57 Å². The van der Waals surface area contributed by atoms with Gasteiger partial charge in [-0.25, -0.2) is 8.42 Å². The van der Waals surface area contributed by atoms with Crippen molar-refractivity contribution in [2.45, 2.75) is 37.3 Å². The van der Waals surface area contributed by atoms with Crippen molar-refractivity contribution in [2.24, 2.45) is 11.7 Å². The largest absolute Gasteiger partial charge is 0.497 e. The third kappa shape index (κ3) is 7.11. The summed E-state index contributed by atoms with van der Waals surface area (Å²) in [4.78, 5) is 18.5. The number of nitrogens with two attached hydrogens (primary N) is 1. The van der Waals surface area contributed by atoms with Gasteiger partial charge in [-0.1, -0.05) is 26.0 Å². The molecule has 0 saturated carbocycles. The average molecular weight is 487 g/mol. The Morgan fingerprint density at radius 2 is 1.59 bits per heavy atom. The van der Waals surface area contributed by atoms with Gasteiger partial charge in [0.1, 0.15) is 5.75 Å². The monoisotopic (exact) mass is 486 g/mol. The maximum absolute atomic E-state index is 13.2. The summed E-state index contributed by atoms with van der Waals surface area (Å²) in [6.07, 6.45) is -0.941. The highest BCUT2D eigenvalue weighted by atomic mass is 32.2. The van der Waals surface area contributed by atoms with Gasteiger partial charge in [0.2, 0.25) is 10.0 Å². The van der Waals surface area contributed by atoms with Gasteiger partial charge >= 0.3 is 7.60 Å². The fourth-order valence-corrected chi connectivity index (χ4v) is 5.31. The van der Waals surface area contributed by atoms with Crippen molar-refractivity contribution in [1.82, 2.24) is 4.31 Å². The number of nitrogens with zero attached hydrogens (tertiary/aromatic N) is 1. The van der Waals surface area contributed by atoms with E-state index in [1.807, 2.05) is 13.8 Å². The molecular formula is C21H31N2O7PS. The van der Waals surface area contributed by atoms with Gasteiger partial charge in [0.25, 0.3) is 0 Å². The molecule has 0 aliphatic heterocycles. The zero-order valence-electron chi connectivity index (χ0n) is 18.3. The van der Waals surface area contributed by atoms with Crippen LogP contribution in [-0.4, -0.2) is 60.0 Å². The molecule has 5 N–H and O–H groups in total. The van der Waals surface area contributed by atoms with Gasteiger partial charge in [-0.15, -0.1) is 0 Å². The lowest BCUT2D eigenvalue weighted by Crippen LogP contribution is -2.47. The van der Waals surface area contributed by atoms with Crippen LogP contribution in [0.5, 0.6) is 5.75 Å². The first kappa shape index (κ1) is 26.5. The van der Waals surface area contributed by atoms with Crippen molar-refractivity contribution in [3.8, 4) is 5.75 Å². The first-order chi connectivity index (χ1) is 14.8. The minimum Gasteiger partial charge on any atom is -0.497 e. The number of hydrogen-bond acceptors (Lipinski definition) is 6. The number of methoxy groups -OCH3 is 1. The van der Waals surface area contributed by atoms with Crippen molar-refractivity contribution in [2.75, 3.05) is 20.2 Å². The predicted octanol–water partition coefficient (Wildman–Crippen LogP) is 1.08. The van der Waals surface area contributed by atoms with Gasteiger partial charge in [-0.05, 0) is 54.3 Å². The first-order valence-electron chi connectivity index (χ1n) is 10.1. The summed E-state index contributed by atoms with van der Waals surface area (Å²) < 4.78 is 43.9. The van der Waals surface area contributed by atoms with E-state index >= 15 is 0 Å². The lowest BCUT2D eigenvalue weighted by Gasteiger charge is -2.28. The molecule has 2 rings (SSSR count). The maximum atomic E-state index is 13.2. The molecule has 0 amide bonds. The number of aliphatic hydroxyl groups excluding tert-OH is 1. The Morgan fingerprint density at radius 1 is 1.03 bits per heavy atom. The minimum atomic E-state index is -4.34. The molecule has 0 fully saturated rings. The molecule has 32 heavy (non-hydrogen) atoms. The maximum Gasteiger partial charge on any atom is 0.356 e. The van der Waals surface area contributed by atoms with Crippen LogP contribution in [0.2, 0.25) is 0 Å². The Kier molecular flexibility index (Phi) is 9.01. The van der Waals surface area contributed by atoms with E-state index in [-0.39, 0.29) is 35.6 Å². The van der Waals surface area contributed by atoms with Gasteiger partial charge in [0, 0.05) is 19.1 Å². The quantitative estimate of drug-likeness (QED) is 0.345. The molecule has 0 aromatic heterocycles. The average Bonchev–Trinajstić information content (AvgIpc) is 2.72. The highest BCUT2D eigenvalue weighted by molar-refractivity contribution is 7.89. The molecule has 2 atom stereocenters. The molecule has 0 aliphatic carbocycles. The smallest absolute Gasteiger partial charge is 0.356 e. The number of ether oxygens (including phenoxy) is 1. The van der Waals surface area contributed by atoms with Crippen molar-refractivity contribution in [3.63, 3.8) is 0 Å². The van der Waals surface area contributed by atoms with Crippen LogP contribution in [0.4, 0.5) is 0 Å². The second kappa shape index (κ2) is 10.9. The van der Waals surface area contributed by atoms with Crippen LogP contribution in [-0.2, 0) is 21.0 Å². The number of aliphatic hydroxyl groups is 1. The summed E-state index contributed by atoms with van der Waals surface area (Å²) in [6.45, 7) is 3.78. The fraction of sp³-hybridized carbons (Fsp3) is 0.429. The SMILES string of the molecule is COc1ccc(S(=O)(=O)N(CC(C)C)C[C@@H](O)[C@@H](N)Cc2ccc(P(=O)(O)O)cc2)cc1. The molecule has 2 aromatic carbocycles. The standard InChI is InChI=1S/C21H31N2O7PS/c1-15(2)13-23(32(28,29)19-10-6-17(30-3)7-11-19)14-21(24)20(22)12-16-4-8-18(9-5-16)31(25,26)27/h4-11,15,20-21,24H,12-14,22H2,1-3H3,(H2,25,26,27)/t20-,21+/m0/s1. The molecule has 0 radical (unpaired) electrons. The van der Waals surface area contributed by atoms with Crippen LogP contribution < -0.4 is 15.8 Å². The van der Waals surface area contributed by atoms with Crippen LogP contribution in [0, 0.1) is 5.92 Å². The molecule has 0 aliphatic rings. The Morgan fingerprint density at radius 3 is 2.06 bits per heavy atom. The van der Waals surface area contributed by atoms with E-state index in [0.717, 1.165) is 0 Å². The number of rotatable bonds is 11. The van der Waals surface area contributed by atoms with Crippen LogP contribution >= 0.6 is 7.60 Å². The molecule has 11 heteroatoms. The summed E-state index contributed by atoms with van der Waals surface area (Å²) in [5.41, 5.74) is 6.80. The molecule has 0 bridgehead atoms. The highest BCUT2D eigenvalue weighted by Crippen LogP contribution is 2.32. The molecule has 2 aromatic rings. The highest BCUT2D eigenvalue weighted by Gasteiger charge is 2.29. The predicted molar refractivity (Wildman–Crippen MR) is 122 cm³/mol. The summed E-state index contributed by atoms with van der Waals surface area (Å²) in [6, 6.07) is 10.9. The summed E-state index contributed by atoms with van der Waals surface area (Å²) in [7, 11) is -6.72. The molecule has 0 spiro atoms. The second-order valence-corrected chi connectivity index (χ2v) is 11.6. The van der Waals surface area contributed by atoms with Crippen LogP contribution in [0.3, 0.4) is 0 Å². The normalized spacial score (nSPS) is 14.5. The summed E-state index contributed by atoms with van der Waals surface area (Å²) >= 11 is 0. The Bertz CT molecular complexity index is 1020. The van der Waals surface area contributed by atoms with E-state index in [1.54, 1.807) is 12.1 Å². The third-order valence-corrected chi connectivity index (χ3v) is 7.71. The van der Waals surface area contributed by atoms with Crippen LogP contribution in [0.25, 0.3) is 0 Å². The number of hydrogen-bond donors (Lipinski definition) is 4. The molecule has 0 saturated heterocycles. The first-order valence-corrected chi connectivity index (χ1v) is 13.1. The van der Waals surface area contributed by atoms with E-state index in [1.165, 1.54) is 47.8 Å². The summed E-state index contributed by atoms with van der Waals surface area (Å²) in [5.74, 6) is 0.554. The zero-order valence-corrected chi connectivity index (χ0v) is 20.0. The van der Waals surface area contributed by atoms with Gasteiger partial charge in [0.15, 0.2) is 0 Å². The molecule has 178 valence electrons. The van der Waals surface area contributed by atoms with Crippen LogP contribution in [0.15, 0.2) is 53.4 Å². The van der Waals surface area contributed by atoms with Gasteiger partial charge < -0.3 is 25.4 Å². The molecule has 0 unspecified atom stereocenters. The minimum absolute atomic E-state index is 0.0200. The topological polar surface area (TPSA) is 150 Å². The number of sulfonamides is 1. The van der Waals surface area contributed by atoms with Gasteiger partial charge in [-0.2, -0.15) is 4.31 Å². The van der Waals surface area contributed by atoms with Crippen LogP contribution in [0.1, 0.15) is 19.4 Å². The fourth-order valence-electron chi connectivity index (χ4n) is 3.15. The summed E-state index contributed by atoms with van der Waals surface area (Å²) in [5, 5.41) is 10.6. The number of benzene rings is 2. The Balaban J connectivity index is 2.15. The molecule has 9 nitrogen and oxygen atoms in total. The van der Waals surface area contributed by atoms with E-state index in [0.29, 0.717) is 11.3 Å². The molecular weight excluding hydrogens is 455 g/mol. The lowest BCUT2D eigenvalue weighted by molar-refractivity contribution is 0.116. The third-order valence-electron chi connectivity index (χ3n) is 4.90. The van der Waals surface area contributed by atoms with Gasteiger partial charge in [0.05, 0.1) is 23.4 Å². The van der Waals surface area contributed by atoms with E-state index in [2.05, 4.69) is 0 Å². The van der Waals surface area contributed by atoms with E-state index < -0.39 is 29.8 Å². The Labute approximate surface area is 189 Å². The van der Waals surface area contributed by atoms with Crippen molar-refractivity contribution in [3.05, 3.63) is 54.1 Å². The van der Waals surface area contributed by atoms with Crippen molar-refractivity contribution >= 4 is 22.9 Å².